The predicted molar refractivity (Wildman–Crippen MR) is 125 cm³/mol. The van der Waals surface area contributed by atoms with Crippen molar-refractivity contribution in [1.29, 1.82) is 5.41 Å². The molecule has 10 nitrogen and oxygen atoms in total. The van der Waals surface area contributed by atoms with E-state index in [0.29, 0.717) is 17.2 Å². The second kappa shape index (κ2) is 10.7. The van der Waals surface area contributed by atoms with Crippen LogP contribution in [0.3, 0.4) is 0 Å². The monoisotopic (exact) mass is 497 g/mol. The van der Waals surface area contributed by atoms with E-state index in [-0.39, 0.29) is 54.4 Å². The number of amides is 1. The SMILES string of the molecule is CC(N)=NC(=N)COc1ccc(CNC(=O)c2cc(F)cnc2Oc2ccc3c(c2)OCO3)c(F)c1. The molecule has 0 spiro atoms. The molecule has 0 aliphatic carbocycles. The van der Waals surface area contributed by atoms with E-state index in [1.54, 1.807) is 18.2 Å². The molecule has 0 fully saturated rings. The summed E-state index contributed by atoms with van der Waals surface area (Å²) < 4.78 is 49.9. The Morgan fingerprint density at radius 2 is 1.94 bits per heavy atom. The van der Waals surface area contributed by atoms with Crippen LogP contribution in [-0.4, -0.2) is 36.0 Å². The summed E-state index contributed by atoms with van der Waals surface area (Å²) in [5.41, 5.74) is 5.38. The Morgan fingerprint density at radius 1 is 1.17 bits per heavy atom. The molecule has 186 valence electrons. The van der Waals surface area contributed by atoms with E-state index >= 15 is 0 Å². The van der Waals surface area contributed by atoms with Gasteiger partial charge in [-0.3, -0.25) is 10.2 Å². The molecular formula is C24H21F2N5O5. The third-order valence-corrected chi connectivity index (χ3v) is 4.77. The zero-order chi connectivity index (χ0) is 25.7. The van der Waals surface area contributed by atoms with E-state index in [2.05, 4.69) is 15.3 Å². The van der Waals surface area contributed by atoms with Crippen LogP contribution in [0.4, 0.5) is 8.78 Å². The molecule has 0 saturated heterocycles. The largest absolute Gasteiger partial charge is 0.486 e. The number of aliphatic imine (C=N–C) groups is 1. The van der Waals surface area contributed by atoms with Crippen LogP contribution in [0.1, 0.15) is 22.8 Å². The van der Waals surface area contributed by atoms with Crippen molar-refractivity contribution in [3.8, 4) is 28.9 Å². The molecule has 4 rings (SSSR count). The fraction of sp³-hybridized carbons (Fsp3) is 0.167. The number of nitrogens with zero attached hydrogens (tertiary/aromatic N) is 2. The zero-order valence-electron chi connectivity index (χ0n) is 19.0. The molecule has 36 heavy (non-hydrogen) atoms. The number of rotatable bonds is 8. The van der Waals surface area contributed by atoms with Crippen LogP contribution in [0.25, 0.3) is 0 Å². The number of benzene rings is 2. The maximum absolute atomic E-state index is 14.5. The minimum absolute atomic E-state index is 0.0805. The van der Waals surface area contributed by atoms with Crippen LogP contribution in [0, 0.1) is 17.0 Å². The number of ether oxygens (including phenoxy) is 4. The minimum Gasteiger partial charge on any atom is -0.486 e. The topological polar surface area (TPSA) is 141 Å². The average molecular weight is 497 g/mol. The quantitative estimate of drug-likeness (QED) is 0.319. The molecule has 1 amide bonds. The van der Waals surface area contributed by atoms with Crippen molar-refractivity contribution in [1.82, 2.24) is 10.3 Å². The lowest BCUT2D eigenvalue weighted by molar-refractivity contribution is 0.0947. The Balaban J connectivity index is 1.41. The standard InChI is InChI=1S/C24H21F2N5O5/c1-13(27)31-22(28)11-33-16-3-2-14(19(26)7-16)9-29-23(32)18-6-15(25)10-30-24(18)36-17-4-5-20-21(8-17)35-12-34-20/h2-8,10H,9,11-12H2,1H3,(H,29,32)(H3,27,28,31). The van der Waals surface area contributed by atoms with Crippen molar-refractivity contribution in [2.24, 2.45) is 10.7 Å². The van der Waals surface area contributed by atoms with Crippen LogP contribution in [0.15, 0.2) is 53.7 Å². The lowest BCUT2D eigenvalue weighted by Gasteiger charge is -2.12. The maximum Gasteiger partial charge on any atom is 0.257 e. The van der Waals surface area contributed by atoms with E-state index in [4.69, 9.17) is 30.1 Å². The van der Waals surface area contributed by atoms with Crippen molar-refractivity contribution in [3.63, 3.8) is 0 Å². The van der Waals surface area contributed by atoms with Crippen LogP contribution in [0.5, 0.6) is 28.9 Å². The van der Waals surface area contributed by atoms with E-state index in [9.17, 15) is 13.6 Å². The maximum atomic E-state index is 14.5. The van der Waals surface area contributed by atoms with E-state index in [0.717, 1.165) is 18.3 Å². The number of pyridine rings is 1. The molecule has 0 bridgehead atoms. The van der Waals surface area contributed by atoms with Crippen LogP contribution >= 0.6 is 0 Å². The van der Waals surface area contributed by atoms with Crippen molar-refractivity contribution in [2.75, 3.05) is 13.4 Å². The van der Waals surface area contributed by atoms with Gasteiger partial charge in [-0.2, -0.15) is 0 Å². The average Bonchev–Trinajstić information content (AvgIpc) is 3.30. The van der Waals surface area contributed by atoms with E-state index in [1.807, 2.05) is 0 Å². The first-order valence-electron chi connectivity index (χ1n) is 10.6. The van der Waals surface area contributed by atoms with Crippen molar-refractivity contribution < 1.29 is 32.5 Å². The molecular weight excluding hydrogens is 476 g/mol. The highest BCUT2D eigenvalue weighted by Crippen LogP contribution is 2.36. The second-order valence-corrected chi connectivity index (χ2v) is 7.55. The van der Waals surface area contributed by atoms with Gasteiger partial charge in [0.25, 0.3) is 5.91 Å². The Hall–Kier alpha value is -4.74. The molecule has 1 aliphatic heterocycles. The van der Waals surface area contributed by atoms with Gasteiger partial charge in [0.2, 0.25) is 12.7 Å². The number of hydrogen-bond donors (Lipinski definition) is 3. The Labute approximate surface area is 204 Å². The first-order chi connectivity index (χ1) is 17.3. The summed E-state index contributed by atoms with van der Waals surface area (Å²) in [6.45, 7) is 1.22. The summed E-state index contributed by atoms with van der Waals surface area (Å²) in [4.78, 5) is 20.4. The normalized spacial score (nSPS) is 12.2. The highest BCUT2D eigenvalue weighted by atomic mass is 19.1. The van der Waals surface area contributed by atoms with Gasteiger partial charge in [0.15, 0.2) is 17.3 Å². The molecule has 2 aromatic carbocycles. The van der Waals surface area contributed by atoms with Gasteiger partial charge < -0.3 is 30.0 Å². The van der Waals surface area contributed by atoms with Crippen LogP contribution in [0.2, 0.25) is 0 Å². The van der Waals surface area contributed by atoms with Crippen molar-refractivity contribution >= 4 is 17.6 Å². The fourth-order valence-electron chi connectivity index (χ4n) is 3.15. The zero-order valence-corrected chi connectivity index (χ0v) is 19.0. The number of hydrogen-bond acceptors (Lipinski definition) is 7. The van der Waals surface area contributed by atoms with Crippen molar-refractivity contribution in [3.05, 3.63) is 71.4 Å². The number of halogens is 2. The van der Waals surface area contributed by atoms with Gasteiger partial charge in [-0.15, -0.1) is 0 Å². The molecule has 1 aliphatic rings. The second-order valence-electron chi connectivity index (χ2n) is 7.55. The predicted octanol–water partition coefficient (Wildman–Crippen LogP) is 3.54. The molecule has 12 heteroatoms. The third kappa shape index (κ3) is 6.03. The highest BCUT2D eigenvalue weighted by molar-refractivity contribution is 5.96. The summed E-state index contributed by atoms with van der Waals surface area (Å²) in [7, 11) is 0. The molecule has 0 saturated carbocycles. The molecule has 0 unspecified atom stereocenters. The molecule has 1 aromatic heterocycles. The van der Waals surface area contributed by atoms with E-state index < -0.39 is 17.5 Å². The van der Waals surface area contributed by atoms with Crippen LogP contribution < -0.4 is 30.0 Å². The number of amidine groups is 2. The molecule has 2 heterocycles. The first kappa shape index (κ1) is 24.4. The molecule has 3 aromatic rings. The van der Waals surface area contributed by atoms with E-state index in [1.165, 1.54) is 19.1 Å². The fourth-order valence-corrected chi connectivity index (χ4v) is 3.15. The summed E-state index contributed by atoms with van der Waals surface area (Å²) >= 11 is 0. The first-order valence-corrected chi connectivity index (χ1v) is 10.6. The number of aromatic nitrogens is 1. The van der Waals surface area contributed by atoms with Crippen molar-refractivity contribution in [2.45, 2.75) is 13.5 Å². The van der Waals surface area contributed by atoms with Gasteiger partial charge in [0, 0.05) is 24.2 Å². The summed E-state index contributed by atoms with van der Waals surface area (Å²) in [5.74, 6) is -0.687. The minimum atomic E-state index is -0.745. The molecule has 4 N–H and O–H groups in total. The van der Waals surface area contributed by atoms with Gasteiger partial charge in [-0.1, -0.05) is 6.07 Å². The number of nitrogens with two attached hydrogens (primary N) is 1. The number of carbonyl (C=O) groups excluding carboxylic acids is 1. The number of fused-ring (bicyclic) bond motifs is 1. The highest BCUT2D eigenvalue weighted by Gasteiger charge is 2.19. The lowest BCUT2D eigenvalue weighted by Crippen LogP contribution is -2.24. The van der Waals surface area contributed by atoms with Gasteiger partial charge in [0.05, 0.1) is 12.0 Å². The number of carbonyl (C=O) groups is 1. The molecule has 0 atom stereocenters. The Kier molecular flexibility index (Phi) is 7.23. The third-order valence-electron chi connectivity index (χ3n) is 4.77. The summed E-state index contributed by atoms with van der Waals surface area (Å²) in [6, 6.07) is 9.76. The van der Waals surface area contributed by atoms with Gasteiger partial charge in [-0.05, 0) is 31.2 Å². The Bertz CT molecular complexity index is 1340. The summed E-state index contributed by atoms with van der Waals surface area (Å²) in [6.07, 6.45) is 0.914. The van der Waals surface area contributed by atoms with Gasteiger partial charge >= 0.3 is 0 Å². The van der Waals surface area contributed by atoms with Crippen LogP contribution in [-0.2, 0) is 6.54 Å². The Morgan fingerprint density at radius 3 is 2.72 bits per heavy atom. The number of nitrogens with one attached hydrogen (secondary N) is 2. The smallest absolute Gasteiger partial charge is 0.257 e. The molecule has 0 radical (unpaired) electrons. The summed E-state index contributed by atoms with van der Waals surface area (Å²) in [5, 5.41) is 10.1. The van der Waals surface area contributed by atoms with Gasteiger partial charge in [0.1, 0.15) is 35.3 Å². The lowest BCUT2D eigenvalue weighted by atomic mass is 10.2. The van der Waals surface area contributed by atoms with Gasteiger partial charge in [-0.25, -0.2) is 18.8 Å².